The zero-order valence-corrected chi connectivity index (χ0v) is 13.4. The predicted molar refractivity (Wildman–Crippen MR) is 86.1 cm³/mol. The van der Waals surface area contributed by atoms with Gasteiger partial charge in [-0.1, -0.05) is 12.1 Å². The van der Waals surface area contributed by atoms with Crippen LogP contribution in [0.15, 0.2) is 30.3 Å². The van der Waals surface area contributed by atoms with Crippen LogP contribution in [0.2, 0.25) is 0 Å². The van der Waals surface area contributed by atoms with Crippen LogP contribution in [-0.4, -0.2) is 30.9 Å². The van der Waals surface area contributed by atoms with Gasteiger partial charge in [-0.25, -0.2) is 4.39 Å². The van der Waals surface area contributed by atoms with Crippen molar-refractivity contribution in [3.05, 3.63) is 41.7 Å². The number of benzene rings is 1. The van der Waals surface area contributed by atoms with Gasteiger partial charge in [-0.2, -0.15) is 5.26 Å². The number of carbonyl (C=O) groups is 2. The highest BCUT2D eigenvalue weighted by Gasteiger charge is 2.26. The van der Waals surface area contributed by atoms with Crippen LogP contribution >= 0.6 is 0 Å². The predicted octanol–water partition coefficient (Wildman–Crippen LogP) is 2.23. The minimum Gasteiger partial charge on any atom is -0.376 e. The van der Waals surface area contributed by atoms with E-state index >= 15 is 0 Å². The molecule has 1 aliphatic rings. The molecule has 0 radical (unpaired) electrons. The zero-order chi connectivity index (χ0) is 17.5. The van der Waals surface area contributed by atoms with Gasteiger partial charge < -0.3 is 10.1 Å². The van der Waals surface area contributed by atoms with Gasteiger partial charge in [0.1, 0.15) is 5.82 Å². The van der Waals surface area contributed by atoms with Crippen LogP contribution in [0.4, 0.5) is 4.39 Å². The molecule has 1 aromatic rings. The number of nitrogens with zero attached hydrogens (tertiary/aromatic N) is 1. The lowest BCUT2D eigenvalue weighted by molar-refractivity contribution is -0.129. The monoisotopic (exact) mass is 330 g/mol. The average Bonchev–Trinajstić information content (AvgIpc) is 3.07. The number of nitrogens with one attached hydrogen (secondary N) is 1. The molecule has 24 heavy (non-hydrogen) atoms. The molecule has 2 atom stereocenters. The van der Waals surface area contributed by atoms with Gasteiger partial charge in [0.2, 0.25) is 5.91 Å². The third-order valence-corrected chi connectivity index (χ3v) is 3.86. The van der Waals surface area contributed by atoms with Gasteiger partial charge in [0, 0.05) is 13.2 Å². The number of nitriles is 1. The number of halogens is 1. The van der Waals surface area contributed by atoms with Crippen molar-refractivity contribution in [2.24, 2.45) is 5.92 Å². The standard InChI is InChI=1S/C18H19FN2O3/c1-12(13-4-6-14(19)7-5-13)9-17(22)16(10-20)18(23)21-11-15-3-2-8-24-15/h4-7,9,15-16H,2-3,8,11H2,1H3,(H,21,23)/b12-9-/t15-,16-/m0/s1. The molecule has 1 amide bonds. The Morgan fingerprint density at radius 1 is 1.46 bits per heavy atom. The van der Waals surface area contributed by atoms with Gasteiger partial charge in [0.15, 0.2) is 11.7 Å². The molecule has 0 spiro atoms. The van der Waals surface area contributed by atoms with E-state index in [2.05, 4.69) is 5.32 Å². The Bertz CT molecular complexity index is 670. The highest BCUT2D eigenvalue weighted by molar-refractivity contribution is 6.11. The second-order valence-electron chi connectivity index (χ2n) is 5.68. The Balaban J connectivity index is 1.99. The molecule has 0 unspecified atom stereocenters. The van der Waals surface area contributed by atoms with E-state index in [9.17, 15) is 14.0 Å². The molecule has 6 heteroatoms. The van der Waals surface area contributed by atoms with Gasteiger partial charge in [0.25, 0.3) is 0 Å². The molecular formula is C18H19FN2O3. The molecule has 0 saturated carbocycles. The number of hydrogen-bond acceptors (Lipinski definition) is 4. The fourth-order valence-electron chi connectivity index (χ4n) is 2.47. The van der Waals surface area contributed by atoms with E-state index in [1.165, 1.54) is 30.3 Å². The van der Waals surface area contributed by atoms with Crippen LogP contribution in [0.1, 0.15) is 25.3 Å². The largest absolute Gasteiger partial charge is 0.376 e. The number of allylic oxidation sites excluding steroid dienone is 2. The summed E-state index contributed by atoms with van der Waals surface area (Å²) in [5.41, 5.74) is 1.22. The number of amides is 1. The molecule has 1 aromatic carbocycles. The molecule has 5 nitrogen and oxygen atoms in total. The van der Waals surface area contributed by atoms with Crippen molar-refractivity contribution in [2.75, 3.05) is 13.2 Å². The van der Waals surface area contributed by atoms with E-state index in [0.717, 1.165) is 12.8 Å². The maximum Gasteiger partial charge on any atom is 0.245 e. The summed E-state index contributed by atoms with van der Waals surface area (Å²) < 4.78 is 18.3. The van der Waals surface area contributed by atoms with Crippen LogP contribution in [0.3, 0.4) is 0 Å². The van der Waals surface area contributed by atoms with Gasteiger partial charge in [-0.3, -0.25) is 9.59 Å². The van der Waals surface area contributed by atoms with E-state index < -0.39 is 17.6 Å². The summed E-state index contributed by atoms with van der Waals surface area (Å²) in [7, 11) is 0. The second kappa shape index (κ2) is 8.37. The summed E-state index contributed by atoms with van der Waals surface area (Å²) in [5.74, 6) is -2.99. The van der Waals surface area contributed by atoms with E-state index in [1.54, 1.807) is 13.0 Å². The van der Waals surface area contributed by atoms with Crippen LogP contribution in [0, 0.1) is 23.1 Å². The number of rotatable bonds is 6. The first-order valence-corrected chi connectivity index (χ1v) is 7.78. The number of carbonyl (C=O) groups excluding carboxylic acids is 2. The highest BCUT2D eigenvalue weighted by Crippen LogP contribution is 2.16. The zero-order valence-electron chi connectivity index (χ0n) is 13.4. The Morgan fingerprint density at radius 2 is 2.17 bits per heavy atom. The van der Waals surface area contributed by atoms with E-state index in [1.807, 2.05) is 0 Å². The lowest BCUT2D eigenvalue weighted by atomic mass is 9.99. The summed E-state index contributed by atoms with van der Waals surface area (Å²) in [6, 6.07) is 7.38. The van der Waals surface area contributed by atoms with Gasteiger partial charge in [0.05, 0.1) is 12.2 Å². The summed E-state index contributed by atoms with van der Waals surface area (Å²) >= 11 is 0. The van der Waals surface area contributed by atoms with Crippen molar-refractivity contribution < 1.29 is 18.7 Å². The normalized spacial score (nSPS) is 18.7. The number of ketones is 1. The molecular weight excluding hydrogens is 311 g/mol. The molecule has 0 aliphatic carbocycles. The number of hydrogen-bond donors (Lipinski definition) is 1. The average molecular weight is 330 g/mol. The van der Waals surface area contributed by atoms with Crippen molar-refractivity contribution in [1.29, 1.82) is 5.26 Å². The maximum absolute atomic E-state index is 12.9. The topological polar surface area (TPSA) is 79.2 Å². The quantitative estimate of drug-likeness (QED) is 0.641. The Hall–Kier alpha value is -2.52. The van der Waals surface area contributed by atoms with Crippen molar-refractivity contribution in [3.8, 4) is 6.07 Å². The summed E-state index contributed by atoms with van der Waals surface area (Å²) in [6.07, 6.45) is 2.99. The van der Waals surface area contributed by atoms with Crippen LogP contribution in [0.5, 0.6) is 0 Å². The lowest BCUT2D eigenvalue weighted by Crippen LogP contribution is -2.38. The number of ether oxygens (including phenoxy) is 1. The SMILES string of the molecule is C/C(=C/C(=O)[C@H](C#N)C(=O)NC[C@@H]1CCCO1)c1ccc(F)cc1. The van der Waals surface area contributed by atoms with E-state index in [4.69, 9.17) is 10.00 Å². The molecule has 1 fully saturated rings. The Morgan fingerprint density at radius 3 is 2.75 bits per heavy atom. The van der Waals surface area contributed by atoms with Crippen molar-refractivity contribution in [2.45, 2.75) is 25.9 Å². The molecule has 1 saturated heterocycles. The van der Waals surface area contributed by atoms with E-state index in [0.29, 0.717) is 24.3 Å². The van der Waals surface area contributed by atoms with Gasteiger partial charge >= 0.3 is 0 Å². The summed E-state index contributed by atoms with van der Waals surface area (Å²) in [4.78, 5) is 24.2. The highest BCUT2D eigenvalue weighted by atomic mass is 19.1. The van der Waals surface area contributed by atoms with Gasteiger partial charge in [-0.15, -0.1) is 0 Å². The molecule has 1 N–H and O–H groups in total. The van der Waals surface area contributed by atoms with Crippen molar-refractivity contribution in [3.63, 3.8) is 0 Å². The van der Waals surface area contributed by atoms with E-state index in [-0.39, 0.29) is 11.9 Å². The minimum absolute atomic E-state index is 0.0557. The molecule has 126 valence electrons. The fourth-order valence-corrected chi connectivity index (χ4v) is 2.47. The molecule has 0 bridgehead atoms. The molecule has 1 heterocycles. The Kier molecular flexibility index (Phi) is 6.21. The smallest absolute Gasteiger partial charge is 0.245 e. The molecule has 1 aliphatic heterocycles. The first-order chi connectivity index (χ1) is 11.5. The first-order valence-electron chi connectivity index (χ1n) is 7.78. The van der Waals surface area contributed by atoms with Crippen molar-refractivity contribution in [1.82, 2.24) is 5.32 Å². The first kappa shape index (κ1) is 17.8. The maximum atomic E-state index is 12.9. The fraction of sp³-hybridized carbons (Fsp3) is 0.389. The Labute approximate surface area is 140 Å². The lowest BCUT2D eigenvalue weighted by Gasteiger charge is -2.12. The van der Waals surface area contributed by atoms with Crippen molar-refractivity contribution >= 4 is 17.3 Å². The summed E-state index contributed by atoms with van der Waals surface area (Å²) in [5, 5.41) is 11.7. The minimum atomic E-state index is -1.40. The third kappa shape index (κ3) is 4.74. The molecule has 2 rings (SSSR count). The molecule has 0 aromatic heterocycles. The van der Waals surface area contributed by atoms with Gasteiger partial charge in [-0.05, 0) is 49.1 Å². The van der Waals surface area contributed by atoms with Crippen LogP contribution in [0.25, 0.3) is 5.57 Å². The third-order valence-electron chi connectivity index (χ3n) is 3.86. The van der Waals surface area contributed by atoms with Crippen LogP contribution in [-0.2, 0) is 14.3 Å². The van der Waals surface area contributed by atoms with Crippen LogP contribution < -0.4 is 5.32 Å². The second-order valence-corrected chi connectivity index (χ2v) is 5.68. The summed E-state index contributed by atoms with van der Waals surface area (Å²) in [6.45, 7) is 2.63.